The van der Waals surface area contributed by atoms with Crippen molar-refractivity contribution in [2.24, 2.45) is 0 Å². The molecule has 3 rings (SSSR count). The summed E-state index contributed by atoms with van der Waals surface area (Å²) >= 11 is 0. The van der Waals surface area contributed by atoms with Gasteiger partial charge in [0.15, 0.2) is 0 Å². The molecule has 0 aromatic heterocycles. The largest absolute Gasteiger partial charge is 0.344 e. The molecule has 22 heavy (non-hydrogen) atoms. The van der Waals surface area contributed by atoms with E-state index >= 15 is 0 Å². The molecule has 2 aromatic rings. The molecule has 1 atom stereocenters. The molecule has 0 spiro atoms. The van der Waals surface area contributed by atoms with Gasteiger partial charge in [0.05, 0.1) is 0 Å². The lowest BCUT2D eigenvalue weighted by Gasteiger charge is -2.33. The molecule has 0 saturated carbocycles. The Bertz CT molecular complexity index is 712. The Morgan fingerprint density at radius 1 is 1.00 bits per heavy atom. The van der Waals surface area contributed by atoms with Gasteiger partial charge in [0.2, 0.25) is 0 Å². The number of para-hydroxylation sites is 1. The average molecular weight is 289 g/mol. The van der Waals surface area contributed by atoms with Crippen molar-refractivity contribution in [1.29, 1.82) is 0 Å². The maximum atomic E-state index is 2.33. The summed E-state index contributed by atoms with van der Waals surface area (Å²) < 4.78 is 0. The summed E-state index contributed by atoms with van der Waals surface area (Å²) in [6, 6.07) is 17.3. The fourth-order valence-electron chi connectivity index (χ4n) is 3.12. The number of hydrogen-bond donors (Lipinski definition) is 0. The molecule has 1 aliphatic carbocycles. The van der Waals surface area contributed by atoms with E-state index in [-0.39, 0.29) is 5.41 Å². The van der Waals surface area contributed by atoms with Crippen LogP contribution in [0.2, 0.25) is 0 Å². The zero-order chi connectivity index (χ0) is 15.6. The Labute approximate surface area is 133 Å². The highest BCUT2D eigenvalue weighted by atomic mass is 15.1. The molecular formula is C21H23N. The number of nitrogens with zero attached hydrogens (tertiary/aromatic N) is 1. The normalized spacial score (nSPS) is 20.1. The van der Waals surface area contributed by atoms with Gasteiger partial charge in [-0.15, -0.1) is 0 Å². The van der Waals surface area contributed by atoms with Gasteiger partial charge in [0.1, 0.15) is 0 Å². The molecule has 1 heteroatoms. The molecule has 0 aliphatic heterocycles. The Morgan fingerprint density at radius 2 is 1.77 bits per heavy atom. The molecule has 0 saturated heterocycles. The smallest absolute Gasteiger partial charge is 0.0449 e. The van der Waals surface area contributed by atoms with E-state index in [1.165, 1.54) is 22.5 Å². The number of benzene rings is 2. The van der Waals surface area contributed by atoms with Crippen LogP contribution in [0.1, 0.15) is 24.5 Å². The lowest BCUT2D eigenvalue weighted by atomic mass is 9.76. The average Bonchev–Trinajstić information content (AvgIpc) is 2.56. The number of anilines is 2. The Hall–Kier alpha value is -2.28. The van der Waals surface area contributed by atoms with E-state index in [4.69, 9.17) is 0 Å². The summed E-state index contributed by atoms with van der Waals surface area (Å²) in [6.45, 7) is 4.49. The van der Waals surface area contributed by atoms with Crippen LogP contribution in [-0.4, -0.2) is 7.05 Å². The Morgan fingerprint density at radius 3 is 2.45 bits per heavy atom. The molecule has 2 aromatic carbocycles. The highest BCUT2D eigenvalue weighted by molar-refractivity contribution is 5.68. The van der Waals surface area contributed by atoms with Gasteiger partial charge >= 0.3 is 0 Å². The Balaban J connectivity index is 2.09. The lowest BCUT2D eigenvalue weighted by Crippen LogP contribution is -2.24. The highest BCUT2D eigenvalue weighted by Crippen LogP contribution is 2.40. The van der Waals surface area contributed by atoms with Crippen molar-refractivity contribution in [3.8, 4) is 0 Å². The number of rotatable bonds is 3. The van der Waals surface area contributed by atoms with Crippen molar-refractivity contribution in [2.45, 2.75) is 25.7 Å². The molecule has 0 heterocycles. The molecule has 1 nitrogen and oxygen atoms in total. The first-order valence-corrected chi connectivity index (χ1v) is 7.84. The summed E-state index contributed by atoms with van der Waals surface area (Å²) in [7, 11) is 2.15. The predicted octanol–water partition coefficient (Wildman–Crippen LogP) is 5.54. The van der Waals surface area contributed by atoms with Gasteiger partial charge in [-0.25, -0.2) is 0 Å². The van der Waals surface area contributed by atoms with Crippen LogP contribution < -0.4 is 4.90 Å². The zero-order valence-corrected chi connectivity index (χ0v) is 13.6. The molecule has 0 fully saturated rings. The van der Waals surface area contributed by atoms with Crippen molar-refractivity contribution >= 4 is 11.4 Å². The molecular weight excluding hydrogens is 266 g/mol. The third-order valence-corrected chi connectivity index (χ3v) is 4.53. The molecule has 1 unspecified atom stereocenters. The second kappa shape index (κ2) is 5.84. The van der Waals surface area contributed by atoms with Crippen LogP contribution in [0.4, 0.5) is 11.4 Å². The lowest BCUT2D eigenvalue weighted by molar-refractivity contribution is 0.599. The van der Waals surface area contributed by atoms with Crippen molar-refractivity contribution in [2.75, 3.05) is 11.9 Å². The van der Waals surface area contributed by atoms with Gasteiger partial charge in [0.25, 0.3) is 0 Å². The third kappa shape index (κ3) is 2.71. The third-order valence-electron chi connectivity index (χ3n) is 4.53. The van der Waals surface area contributed by atoms with E-state index in [2.05, 4.69) is 98.6 Å². The molecule has 0 amide bonds. The van der Waals surface area contributed by atoms with Crippen molar-refractivity contribution < 1.29 is 0 Å². The minimum absolute atomic E-state index is 0.0547. The van der Waals surface area contributed by atoms with E-state index in [0.717, 1.165) is 6.42 Å². The summed E-state index contributed by atoms with van der Waals surface area (Å²) in [6.07, 6.45) is 9.93. The maximum Gasteiger partial charge on any atom is 0.0449 e. The van der Waals surface area contributed by atoms with Gasteiger partial charge in [-0.2, -0.15) is 0 Å². The van der Waals surface area contributed by atoms with Crippen LogP contribution in [0, 0.1) is 6.92 Å². The summed E-state index contributed by atoms with van der Waals surface area (Å²) in [5.41, 5.74) is 5.24. The predicted molar refractivity (Wildman–Crippen MR) is 95.9 cm³/mol. The van der Waals surface area contributed by atoms with E-state index in [0.29, 0.717) is 0 Å². The first kappa shape index (κ1) is 14.6. The fraction of sp³-hybridized carbons (Fsp3) is 0.238. The minimum Gasteiger partial charge on any atom is -0.344 e. The Kier molecular flexibility index (Phi) is 3.89. The van der Waals surface area contributed by atoms with Crippen LogP contribution in [0.15, 0.2) is 72.8 Å². The van der Waals surface area contributed by atoms with Crippen LogP contribution in [-0.2, 0) is 5.41 Å². The monoisotopic (exact) mass is 289 g/mol. The summed E-state index contributed by atoms with van der Waals surface area (Å²) in [5, 5.41) is 0. The van der Waals surface area contributed by atoms with Crippen molar-refractivity contribution in [3.63, 3.8) is 0 Å². The van der Waals surface area contributed by atoms with Crippen LogP contribution in [0.3, 0.4) is 0 Å². The van der Waals surface area contributed by atoms with Gasteiger partial charge < -0.3 is 4.90 Å². The number of hydrogen-bond acceptors (Lipinski definition) is 1. The van der Waals surface area contributed by atoms with E-state index in [1.54, 1.807) is 0 Å². The van der Waals surface area contributed by atoms with Crippen LogP contribution >= 0.6 is 0 Å². The van der Waals surface area contributed by atoms with Gasteiger partial charge in [-0.3, -0.25) is 0 Å². The molecule has 0 N–H and O–H groups in total. The number of aryl methyl sites for hydroxylation is 1. The second-order valence-electron chi connectivity index (χ2n) is 6.32. The van der Waals surface area contributed by atoms with Crippen LogP contribution in [0.5, 0.6) is 0 Å². The molecule has 1 aliphatic rings. The quantitative estimate of drug-likeness (QED) is 0.717. The molecule has 112 valence electrons. The standard InChI is InChI=1S/C21H23N/c1-17-12-13-20(22(3)18-10-6-4-7-11-18)19(16-17)21(2)14-8-5-9-15-21/h4-14,16H,15H2,1-3H3. The molecule has 0 radical (unpaired) electrons. The second-order valence-corrected chi connectivity index (χ2v) is 6.32. The van der Waals surface area contributed by atoms with E-state index in [1.807, 2.05) is 0 Å². The van der Waals surface area contributed by atoms with Gasteiger partial charge in [-0.1, -0.05) is 67.1 Å². The minimum atomic E-state index is 0.0547. The summed E-state index contributed by atoms with van der Waals surface area (Å²) in [5.74, 6) is 0. The first-order chi connectivity index (χ1) is 10.6. The van der Waals surface area contributed by atoms with E-state index < -0.39 is 0 Å². The van der Waals surface area contributed by atoms with E-state index in [9.17, 15) is 0 Å². The van der Waals surface area contributed by atoms with Gasteiger partial charge in [-0.05, 0) is 37.1 Å². The first-order valence-electron chi connectivity index (χ1n) is 7.84. The number of allylic oxidation sites excluding steroid dienone is 4. The fourth-order valence-corrected chi connectivity index (χ4v) is 3.12. The van der Waals surface area contributed by atoms with Crippen molar-refractivity contribution in [1.82, 2.24) is 0 Å². The zero-order valence-electron chi connectivity index (χ0n) is 13.6. The van der Waals surface area contributed by atoms with Crippen molar-refractivity contribution in [3.05, 3.63) is 84.0 Å². The topological polar surface area (TPSA) is 3.24 Å². The molecule has 0 bridgehead atoms. The van der Waals surface area contributed by atoms with Gasteiger partial charge in [0, 0.05) is 23.8 Å². The summed E-state index contributed by atoms with van der Waals surface area (Å²) in [4.78, 5) is 2.28. The van der Waals surface area contributed by atoms with Crippen LogP contribution in [0.25, 0.3) is 0 Å². The SMILES string of the molecule is Cc1ccc(N(C)c2ccccc2)c(C2(C)C=CC=CC2)c1. The maximum absolute atomic E-state index is 2.33. The highest BCUT2D eigenvalue weighted by Gasteiger charge is 2.27.